The predicted octanol–water partition coefficient (Wildman–Crippen LogP) is 6.95. The topological polar surface area (TPSA) is 93.5 Å². The molecule has 0 saturated carbocycles. The summed E-state index contributed by atoms with van der Waals surface area (Å²) in [4.78, 5) is 31.5. The second kappa shape index (κ2) is 8.76. The highest BCUT2D eigenvalue weighted by atomic mass is 35.5. The third-order valence-corrected chi connectivity index (χ3v) is 7.09. The summed E-state index contributed by atoms with van der Waals surface area (Å²) < 4.78 is 11.3. The van der Waals surface area contributed by atoms with Crippen LogP contribution >= 0.6 is 23.2 Å². The molecule has 0 aliphatic carbocycles. The van der Waals surface area contributed by atoms with E-state index in [0.29, 0.717) is 43.0 Å². The highest BCUT2D eigenvalue weighted by Gasteiger charge is 2.32. The van der Waals surface area contributed by atoms with E-state index in [1.165, 1.54) is 12.1 Å². The van der Waals surface area contributed by atoms with Crippen LogP contribution < -0.4 is 11.3 Å². The molecule has 0 spiro atoms. The van der Waals surface area contributed by atoms with Crippen molar-refractivity contribution in [2.45, 2.75) is 12.8 Å². The summed E-state index contributed by atoms with van der Waals surface area (Å²) in [6.45, 7) is 1.76. The van der Waals surface area contributed by atoms with Gasteiger partial charge in [0, 0.05) is 27.0 Å². The van der Waals surface area contributed by atoms with Gasteiger partial charge in [0.25, 0.3) is 0 Å². The summed E-state index contributed by atoms with van der Waals surface area (Å²) in [6, 6.07) is 18.6. The molecule has 6 nitrogen and oxygen atoms in total. The first-order valence-electron chi connectivity index (χ1n) is 11.3. The normalized spacial score (nSPS) is 12.4. The van der Waals surface area contributed by atoms with Gasteiger partial charge in [0.2, 0.25) is 0 Å². The molecule has 3 aromatic heterocycles. The first kappa shape index (κ1) is 23.3. The van der Waals surface area contributed by atoms with Crippen LogP contribution in [0.1, 0.15) is 28.2 Å². The number of hydrogen-bond acceptors (Lipinski definition) is 6. The monoisotopic (exact) mass is 529 g/mol. The molecule has 3 heterocycles. The van der Waals surface area contributed by atoms with Gasteiger partial charge in [-0.25, -0.2) is 9.59 Å². The molecule has 0 amide bonds. The van der Waals surface area contributed by atoms with E-state index in [-0.39, 0.29) is 27.8 Å². The summed E-state index contributed by atoms with van der Waals surface area (Å²) >= 11 is 12.4. The quantitative estimate of drug-likeness (QED) is 0.249. The van der Waals surface area contributed by atoms with Crippen LogP contribution in [0.4, 0.5) is 0 Å². The van der Waals surface area contributed by atoms with Crippen molar-refractivity contribution >= 4 is 56.0 Å². The fourth-order valence-electron chi connectivity index (χ4n) is 4.92. The standard InChI is InChI=1S/C29H17Cl2NO5/c1-14-19-12-15(30)6-8-22(19)36-28(34)24(14)25(18-10-11-32-21-5-3-2-4-17(18)21)26-27(33)20-13-16(31)7-9-23(20)37-29(26)35/h2-13,25,33H,1H3. The van der Waals surface area contributed by atoms with Gasteiger partial charge in [-0.05, 0) is 66.6 Å². The molecule has 8 heteroatoms. The number of rotatable bonds is 3. The van der Waals surface area contributed by atoms with Crippen LogP contribution in [0.3, 0.4) is 0 Å². The zero-order valence-corrected chi connectivity index (χ0v) is 20.8. The second-order valence-corrected chi connectivity index (χ2v) is 9.58. The minimum atomic E-state index is -1.05. The van der Waals surface area contributed by atoms with Crippen molar-refractivity contribution in [2.75, 3.05) is 0 Å². The van der Waals surface area contributed by atoms with E-state index >= 15 is 0 Å². The first-order chi connectivity index (χ1) is 17.8. The summed E-state index contributed by atoms with van der Waals surface area (Å²) in [6.07, 6.45) is 1.59. The fraction of sp³-hybridized carbons (Fsp3) is 0.0690. The van der Waals surface area contributed by atoms with E-state index in [9.17, 15) is 14.7 Å². The summed E-state index contributed by atoms with van der Waals surface area (Å²) in [5.41, 5.74) is 0.947. The Morgan fingerprint density at radius 1 is 0.784 bits per heavy atom. The van der Waals surface area contributed by atoms with E-state index in [1.54, 1.807) is 43.5 Å². The number of nitrogens with zero attached hydrogens (tertiary/aromatic N) is 1. The van der Waals surface area contributed by atoms with Crippen LogP contribution in [-0.4, -0.2) is 10.1 Å². The maximum absolute atomic E-state index is 13.6. The second-order valence-electron chi connectivity index (χ2n) is 8.71. The molecular weight excluding hydrogens is 513 g/mol. The zero-order valence-electron chi connectivity index (χ0n) is 19.3. The number of aromatic hydroxyl groups is 1. The van der Waals surface area contributed by atoms with Crippen LogP contribution in [0.2, 0.25) is 10.0 Å². The first-order valence-corrected chi connectivity index (χ1v) is 12.1. The van der Waals surface area contributed by atoms with Gasteiger partial charge in [0.1, 0.15) is 16.9 Å². The minimum absolute atomic E-state index is 0.108. The Morgan fingerprint density at radius 3 is 2.14 bits per heavy atom. The number of hydrogen-bond donors (Lipinski definition) is 1. The SMILES string of the molecule is Cc1c(C(c2c(O)c3cc(Cl)ccc3oc2=O)c2ccnc3ccccc23)c(=O)oc2ccc(Cl)cc12. The molecule has 6 rings (SSSR count). The molecule has 3 aromatic carbocycles. The van der Waals surface area contributed by atoms with Gasteiger partial charge in [-0.15, -0.1) is 0 Å². The predicted molar refractivity (Wildman–Crippen MR) is 144 cm³/mol. The van der Waals surface area contributed by atoms with Crippen LogP contribution in [0, 0.1) is 6.92 Å². The highest BCUT2D eigenvalue weighted by Crippen LogP contribution is 2.42. The van der Waals surface area contributed by atoms with Gasteiger partial charge in [-0.2, -0.15) is 0 Å². The number of halogens is 2. The van der Waals surface area contributed by atoms with Crippen molar-refractivity contribution in [1.29, 1.82) is 0 Å². The number of fused-ring (bicyclic) bond motifs is 3. The number of para-hydroxylation sites is 1. The van der Waals surface area contributed by atoms with Gasteiger partial charge in [0.15, 0.2) is 0 Å². The summed E-state index contributed by atoms with van der Waals surface area (Å²) in [7, 11) is 0. The number of aromatic nitrogens is 1. The Balaban J connectivity index is 1.79. The van der Waals surface area contributed by atoms with E-state index in [2.05, 4.69) is 4.98 Å². The third kappa shape index (κ3) is 3.77. The Morgan fingerprint density at radius 2 is 1.41 bits per heavy atom. The Hall–Kier alpha value is -4.13. The van der Waals surface area contributed by atoms with Gasteiger partial charge < -0.3 is 13.9 Å². The van der Waals surface area contributed by atoms with Crippen LogP contribution in [0.15, 0.2) is 91.4 Å². The molecule has 0 bridgehead atoms. The Bertz CT molecular complexity index is 1880. The molecule has 1 atom stereocenters. The maximum Gasteiger partial charge on any atom is 0.344 e. The largest absolute Gasteiger partial charge is 0.507 e. The smallest absolute Gasteiger partial charge is 0.344 e. The van der Waals surface area contributed by atoms with Crippen molar-refractivity contribution < 1.29 is 13.9 Å². The van der Waals surface area contributed by atoms with Crippen molar-refractivity contribution in [3.05, 3.63) is 126 Å². The van der Waals surface area contributed by atoms with Crippen LogP contribution in [-0.2, 0) is 0 Å². The molecule has 0 radical (unpaired) electrons. The maximum atomic E-state index is 13.6. The number of benzene rings is 3. The van der Waals surface area contributed by atoms with Gasteiger partial charge >= 0.3 is 11.3 Å². The molecular formula is C29H17Cl2NO5. The van der Waals surface area contributed by atoms with Crippen LogP contribution in [0.25, 0.3) is 32.8 Å². The van der Waals surface area contributed by atoms with Crippen molar-refractivity contribution in [2.24, 2.45) is 0 Å². The lowest BCUT2D eigenvalue weighted by atomic mass is 9.82. The zero-order chi connectivity index (χ0) is 25.8. The summed E-state index contributed by atoms with van der Waals surface area (Å²) in [5, 5.41) is 13.8. The van der Waals surface area contributed by atoms with E-state index in [4.69, 9.17) is 32.0 Å². The van der Waals surface area contributed by atoms with Gasteiger partial charge in [-0.3, -0.25) is 4.98 Å². The van der Waals surface area contributed by atoms with Gasteiger partial charge in [0.05, 0.1) is 27.9 Å². The molecule has 37 heavy (non-hydrogen) atoms. The third-order valence-electron chi connectivity index (χ3n) is 6.62. The lowest BCUT2D eigenvalue weighted by Crippen LogP contribution is -2.22. The lowest BCUT2D eigenvalue weighted by molar-refractivity contribution is 0.454. The van der Waals surface area contributed by atoms with E-state index in [0.717, 1.165) is 0 Å². The Kier molecular flexibility index (Phi) is 5.51. The minimum Gasteiger partial charge on any atom is -0.507 e. The average Bonchev–Trinajstić information content (AvgIpc) is 2.88. The lowest BCUT2D eigenvalue weighted by Gasteiger charge is -2.22. The van der Waals surface area contributed by atoms with Crippen molar-refractivity contribution in [3.8, 4) is 5.75 Å². The van der Waals surface area contributed by atoms with Crippen molar-refractivity contribution in [1.82, 2.24) is 4.98 Å². The number of pyridine rings is 1. The van der Waals surface area contributed by atoms with E-state index in [1.807, 2.05) is 24.3 Å². The van der Waals surface area contributed by atoms with Gasteiger partial charge in [-0.1, -0.05) is 41.4 Å². The number of aryl methyl sites for hydroxylation is 1. The Labute approximate surface area is 219 Å². The van der Waals surface area contributed by atoms with Crippen LogP contribution in [0.5, 0.6) is 5.75 Å². The molecule has 1 N–H and O–H groups in total. The molecule has 0 fully saturated rings. The van der Waals surface area contributed by atoms with Crippen molar-refractivity contribution in [3.63, 3.8) is 0 Å². The molecule has 6 aromatic rings. The highest BCUT2D eigenvalue weighted by molar-refractivity contribution is 6.31. The molecule has 1 unspecified atom stereocenters. The average molecular weight is 530 g/mol. The summed E-state index contributed by atoms with van der Waals surface area (Å²) in [5.74, 6) is -1.38. The van der Waals surface area contributed by atoms with E-state index < -0.39 is 17.2 Å². The molecule has 0 aliphatic rings. The molecule has 0 aliphatic heterocycles. The molecule has 182 valence electrons. The fourth-order valence-corrected chi connectivity index (χ4v) is 5.27. The molecule has 0 saturated heterocycles.